The average Bonchev–Trinajstić information content (AvgIpc) is 2.91. The highest BCUT2D eigenvalue weighted by molar-refractivity contribution is 7.12. The van der Waals surface area contributed by atoms with Gasteiger partial charge in [0.05, 0.1) is 0 Å². The van der Waals surface area contributed by atoms with Crippen molar-refractivity contribution in [1.82, 2.24) is 4.90 Å². The van der Waals surface area contributed by atoms with Crippen LogP contribution in [0.5, 0.6) is 0 Å². The van der Waals surface area contributed by atoms with Gasteiger partial charge < -0.3 is 4.90 Å². The standard InChI is InChI=1S/C12H14N2OS/c1-14-5-2-10-9(7-14)6-11(16-10)12(3-4-12)13-8-15/h6H,2-5,7H2,1H3. The van der Waals surface area contributed by atoms with E-state index in [0.29, 0.717) is 0 Å². The summed E-state index contributed by atoms with van der Waals surface area (Å²) in [5, 5.41) is 0. The molecule has 1 aliphatic carbocycles. The molecule has 1 aromatic heterocycles. The Bertz CT molecular complexity index is 469. The van der Waals surface area contributed by atoms with Gasteiger partial charge in [-0.05, 0) is 37.9 Å². The summed E-state index contributed by atoms with van der Waals surface area (Å²) in [5.74, 6) is 0. The van der Waals surface area contributed by atoms with Crippen LogP contribution in [0, 0.1) is 0 Å². The first-order valence-corrected chi connectivity index (χ1v) is 6.45. The number of isocyanates is 1. The molecular weight excluding hydrogens is 220 g/mol. The lowest BCUT2D eigenvalue weighted by Gasteiger charge is -2.21. The van der Waals surface area contributed by atoms with E-state index in [4.69, 9.17) is 0 Å². The van der Waals surface area contributed by atoms with Crippen molar-refractivity contribution in [3.8, 4) is 0 Å². The molecule has 0 N–H and O–H groups in total. The van der Waals surface area contributed by atoms with E-state index in [2.05, 4.69) is 23.0 Å². The normalized spacial score (nSPS) is 22.3. The molecule has 0 aromatic carbocycles. The third-order valence-corrected chi connectivity index (χ3v) is 4.93. The molecule has 16 heavy (non-hydrogen) atoms. The van der Waals surface area contributed by atoms with Crippen LogP contribution in [0.15, 0.2) is 11.1 Å². The molecular formula is C12H14N2OS. The summed E-state index contributed by atoms with van der Waals surface area (Å²) in [4.78, 5) is 19.5. The Morgan fingerprint density at radius 1 is 1.56 bits per heavy atom. The SMILES string of the molecule is CN1CCc2sc(C3(N=C=O)CC3)cc2C1. The number of fused-ring (bicyclic) bond motifs is 1. The third-order valence-electron chi connectivity index (χ3n) is 3.50. The van der Waals surface area contributed by atoms with E-state index >= 15 is 0 Å². The summed E-state index contributed by atoms with van der Waals surface area (Å²) in [6.07, 6.45) is 4.89. The van der Waals surface area contributed by atoms with Crippen molar-refractivity contribution in [1.29, 1.82) is 0 Å². The Kier molecular flexibility index (Phi) is 2.25. The minimum absolute atomic E-state index is 0.178. The molecule has 0 unspecified atom stereocenters. The maximum absolute atomic E-state index is 10.4. The van der Waals surface area contributed by atoms with Gasteiger partial charge in [-0.1, -0.05) is 0 Å². The fourth-order valence-electron chi connectivity index (χ4n) is 2.32. The fourth-order valence-corrected chi connectivity index (χ4v) is 3.68. The first-order chi connectivity index (χ1) is 7.73. The van der Waals surface area contributed by atoms with Gasteiger partial charge in [0.1, 0.15) is 5.54 Å². The molecule has 3 nitrogen and oxygen atoms in total. The van der Waals surface area contributed by atoms with Gasteiger partial charge in [0.25, 0.3) is 0 Å². The summed E-state index contributed by atoms with van der Waals surface area (Å²) < 4.78 is 0. The summed E-state index contributed by atoms with van der Waals surface area (Å²) in [5.41, 5.74) is 1.25. The van der Waals surface area contributed by atoms with Crippen LogP contribution in [-0.4, -0.2) is 24.6 Å². The van der Waals surface area contributed by atoms with Gasteiger partial charge in [0.15, 0.2) is 0 Å². The highest BCUT2D eigenvalue weighted by Crippen LogP contribution is 2.52. The molecule has 0 atom stereocenters. The summed E-state index contributed by atoms with van der Waals surface area (Å²) >= 11 is 1.85. The van der Waals surface area contributed by atoms with E-state index in [1.54, 1.807) is 6.08 Å². The van der Waals surface area contributed by atoms with Crippen molar-refractivity contribution < 1.29 is 4.79 Å². The average molecular weight is 234 g/mol. The molecule has 4 heteroatoms. The molecule has 0 amide bonds. The lowest BCUT2D eigenvalue weighted by molar-refractivity contribution is 0.315. The number of aliphatic imine (C=N–C) groups is 1. The predicted molar refractivity (Wildman–Crippen MR) is 63.4 cm³/mol. The maximum Gasteiger partial charge on any atom is 0.235 e. The number of hydrogen-bond acceptors (Lipinski definition) is 4. The zero-order valence-electron chi connectivity index (χ0n) is 9.32. The van der Waals surface area contributed by atoms with Crippen LogP contribution in [0.3, 0.4) is 0 Å². The third kappa shape index (κ3) is 1.54. The second-order valence-electron chi connectivity index (χ2n) is 4.78. The van der Waals surface area contributed by atoms with Crippen LogP contribution in [0.1, 0.15) is 28.2 Å². The Balaban J connectivity index is 1.96. The lowest BCUT2D eigenvalue weighted by atomic mass is 10.1. The second-order valence-corrected chi connectivity index (χ2v) is 5.92. The van der Waals surface area contributed by atoms with Gasteiger partial charge in [-0.2, -0.15) is 4.99 Å². The maximum atomic E-state index is 10.4. The molecule has 0 radical (unpaired) electrons. The molecule has 2 heterocycles. The number of likely N-dealkylation sites (N-methyl/N-ethyl adjacent to an activating group) is 1. The van der Waals surface area contributed by atoms with E-state index in [-0.39, 0.29) is 5.54 Å². The minimum Gasteiger partial charge on any atom is -0.302 e. The van der Waals surface area contributed by atoms with E-state index < -0.39 is 0 Å². The predicted octanol–water partition coefficient (Wildman–Crippen LogP) is 2.06. The van der Waals surface area contributed by atoms with E-state index in [0.717, 1.165) is 32.4 Å². The van der Waals surface area contributed by atoms with Crippen LogP contribution < -0.4 is 0 Å². The van der Waals surface area contributed by atoms with Gasteiger partial charge in [-0.15, -0.1) is 11.3 Å². The Morgan fingerprint density at radius 2 is 2.38 bits per heavy atom. The molecule has 84 valence electrons. The van der Waals surface area contributed by atoms with Crippen molar-refractivity contribution in [2.24, 2.45) is 4.99 Å². The van der Waals surface area contributed by atoms with Crippen LogP contribution in [0.25, 0.3) is 0 Å². The topological polar surface area (TPSA) is 32.7 Å². The largest absolute Gasteiger partial charge is 0.302 e. The van der Waals surface area contributed by atoms with Crippen molar-refractivity contribution in [2.75, 3.05) is 13.6 Å². The fraction of sp³-hybridized carbons (Fsp3) is 0.583. The van der Waals surface area contributed by atoms with E-state index in [1.807, 2.05) is 11.3 Å². The Morgan fingerprint density at radius 3 is 3.06 bits per heavy atom. The Hall–Kier alpha value is -0.960. The first-order valence-electron chi connectivity index (χ1n) is 5.63. The number of nitrogens with zero attached hydrogens (tertiary/aromatic N) is 2. The van der Waals surface area contributed by atoms with Crippen LogP contribution in [0.4, 0.5) is 0 Å². The quantitative estimate of drug-likeness (QED) is 0.579. The van der Waals surface area contributed by atoms with Crippen LogP contribution >= 0.6 is 11.3 Å². The Labute approximate surface area is 98.8 Å². The molecule has 1 fully saturated rings. The molecule has 2 aliphatic rings. The van der Waals surface area contributed by atoms with E-state index in [1.165, 1.54) is 15.3 Å². The lowest BCUT2D eigenvalue weighted by Crippen LogP contribution is -2.25. The zero-order chi connectivity index (χ0) is 11.2. The van der Waals surface area contributed by atoms with Crippen molar-refractivity contribution in [3.63, 3.8) is 0 Å². The smallest absolute Gasteiger partial charge is 0.235 e. The van der Waals surface area contributed by atoms with Gasteiger partial charge in [-0.3, -0.25) is 0 Å². The molecule has 0 saturated heterocycles. The highest BCUT2D eigenvalue weighted by Gasteiger charge is 2.46. The summed E-state index contributed by atoms with van der Waals surface area (Å²) in [7, 11) is 2.15. The number of carbonyl (C=O) groups excluding carboxylic acids is 1. The summed E-state index contributed by atoms with van der Waals surface area (Å²) in [6.45, 7) is 2.17. The molecule has 1 aromatic rings. The minimum atomic E-state index is -0.178. The molecule has 0 bridgehead atoms. The molecule has 1 saturated carbocycles. The van der Waals surface area contributed by atoms with Gasteiger partial charge in [0.2, 0.25) is 6.08 Å². The second kappa shape index (κ2) is 3.52. The number of rotatable bonds is 2. The van der Waals surface area contributed by atoms with Crippen LogP contribution in [-0.2, 0) is 23.3 Å². The van der Waals surface area contributed by atoms with Gasteiger partial charge >= 0.3 is 0 Å². The number of thiophene rings is 1. The molecule has 0 spiro atoms. The van der Waals surface area contributed by atoms with Crippen molar-refractivity contribution in [2.45, 2.75) is 31.3 Å². The molecule has 1 aliphatic heterocycles. The first kappa shape index (κ1) is 10.2. The number of hydrogen-bond donors (Lipinski definition) is 0. The molecule has 3 rings (SSSR count). The highest BCUT2D eigenvalue weighted by atomic mass is 32.1. The van der Waals surface area contributed by atoms with Gasteiger partial charge in [0, 0.05) is 22.8 Å². The van der Waals surface area contributed by atoms with E-state index in [9.17, 15) is 4.79 Å². The van der Waals surface area contributed by atoms with Crippen molar-refractivity contribution >= 4 is 17.4 Å². The summed E-state index contributed by atoms with van der Waals surface area (Å²) in [6, 6.07) is 2.25. The van der Waals surface area contributed by atoms with Gasteiger partial charge in [-0.25, -0.2) is 4.79 Å². The zero-order valence-corrected chi connectivity index (χ0v) is 10.1. The van der Waals surface area contributed by atoms with Crippen molar-refractivity contribution in [3.05, 3.63) is 21.4 Å². The van der Waals surface area contributed by atoms with Crippen LogP contribution in [0.2, 0.25) is 0 Å². The monoisotopic (exact) mass is 234 g/mol.